The van der Waals surface area contributed by atoms with E-state index in [-0.39, 0.29) is 0 Å². The predicted molar refractivity (Wildman–Crippen MR) is 56.5 cm³/mol. The van der Waals surface area contributed by atoms with Gasteiger partial charge < -0.3 is 0 Å². The molecule has 0 aliphatic carbocycles. The minimum absolute atomic E-state index is 0.364. The van der Waals surface area contributed by atoms with Crippen molar-refractivity contribution in [2.45, 2.75) is 6.61 Å². The van der Waals surface area contributed by atoms with Crippen LogP contribution >= 0.6 is 11.3 Å². The first-order valence-corrected chi connectivity index (χ1v) is 5.09. The molecular weight excluding hydrogens is 196 g/mol. The van der Waals surface area contributed by atoms with Crippen LogP contribution in [0, 0.1) is 0 Å². The second kappa shape index (κ2) is 4.32. The molecule has 0 saturated heterocycles. The van der Waals surface area contributed by atoms with Crippen molar-refractivity contribution < 1.29 is 4.84 Å². The lowest BCUT2D eigenvalue weighted by Gasteiger charge is -1.94. The standard InChI is InChI=1S/C10H10N2OS/c11-13-6-9-7-14-10(12-9)8-4-2-1-3-5-8/h1-5,7H,6,11H2. The van der Waals surface area contributed by atoms with Gasteiger partial charge in [0.15, 0.2) is 0 Å². The van der Waals surface area contributed by atoms with Crippen LogP contribution < -0.4 is 5.90 Å². The lowest BCUT2D eigenvalue weighted by atomic mass is 10.2. The van der Waals surface area contributed by atoms with Gasteiger partial charge in [-0.1, -0.05) is 30.3 Å². The minimum Gasteiger partial charge on any atom is -0.298 e. The summed E-state index contributed by atoms with van der Waals surface area (Å²) >= 11 is 1.60. The first-order chi connectivity index (χ1) is 6.90. The van der Waals surface area contributed by atoms with Crippen LogP contribution in [0.3, 0.4) is 0 Å². The van der Waals surface area contributed by atoms with Crippen LogP contribution in [0.25, 0.3) is 10.6 Å². The summed E-state index contributed by atoms with van der Waals surface area (Å²) in [6.07, 6.45) is 0. The van der Waals surface area contributed by atoms with Crippen molar-refractivity contribution in [3.8, 4) is 10.6 Å². The van der Waals surface area contributed by atoms with E-state index in [2.05, 4.69) is 9.82 Å². The number of nitrogens with two attached hydrogens (primary N) is 1. The Kier molecular flexibility index (Phi) is 2.88. The van der Waals surface area contributed by atoms with Crippen LogP contribution in [0.5, 0.6) is 0 Å². The van der Waals surface area contributed by atoms with Gasteiger partial charge in [-0.05, 0) is 0 Å². The van der Waals surface area contributed by atoms with Crippen LogP contribution in [-0.2, 0) is 11.4 Å². The highest BCUT2D eigenvalue weighted by Crippen LogP contribution is 2.23. The van der Waals surface area contributed by atoms with E-state index in [9.17, 15) is 0 Å². The topological polar surface area (TPSA) is 48.1 Å². The number of nitrogens with zero attached hydrogens (tertiary/aromatic N) is 1. The maximum Gasteiger partial charge on any atom is 0.123 e. The molecule has 0 saturated carbocycles. The number of rotatable bonds is 3. The Morgan fingerprint density at radius 2 is 2.07 bits per heavy atom. The summed E-state index contributed by atoms with van der Waals surface area (Å²) in [5.74, 6) is 4.97. The summed E-state index contributed by atoms with van der Waals surface area (Å²) < 4.78 is 0. The summed E-state index contributed by atoms with van der Waals surface area (Å²) in [4.78, 5) is 8.90. The maximum atomic E-state index is 4.97. The molecule has 0 unspecified atom stereocenters. The third-order valence-corrected chi connectivity index (χ3v) is 2.74. The molecule has 0 fully saturated rings. The molecule has 2 rings (SSSR count). The Hall–Kier alpha value is -1.23. The third kappa shape index (κ3) is 1.98. The fourth-order valence-electron chi connectivity index (χ4n) is 1.17. The fraction of sp³-hybridized carbons (Fsp3) is 0.100. The molecule has 0 bridgehead atoms. The van der Waals surface area contributed by atoms with Gasteiger partial charge >= 0.3 is 0 Å². The van der Waals surface area contributed by atoms with Gasteiger partial charge in [-0.15, -0.1) is 11.3 Å². The SMILES string of the molecule is NOCc1csc(-c2ccccc2)n1. The highest BCUT2D eigenvalue weighted by Gasteiger charge is 2.03. The number of hydrogen-bond donors (Lipinski definition) is 1. The van der Waals surface area contributed by atoms with E-state index >= 15 is 0 Å². The van der Waals surface area contributed by atoms with E-state index in [1.54, 1.807) is 11.3 Å². The van der Waals surface area contributed by atoms with Gasteiger partial charge in [0.25, 0.3) is 0 Å². The van der Waals surface area contributed by atoms with Crippen LogP contribution in [0.15, 0.2) is 35.7 Å². The number of thiazole rings is 1. The molecule has 0 spiro atoms. The summed E-state index contributed by atoms with van der Waals surface area (Å²) in [6.45, 7) is 0.364. The second-order valence-electron chi connectivity index (χ2n) is 2.82. The normalized spacial score (nSPS) is 10.4. The molecule has 1 aromatic heterocycles. The molecule has 0 radical (unpaired) electrons. The van der Waals surface area contributed by atoms with Crippen LogP contribution in [-0.4, -0.2) is 4.98 Å². The first kappa shape index (κ1) is 9.33. The monoisotopic (exact) mass is 206 g/mol. The quantitative estimate of drug-likeness (QED) is 0.783. The Bertz CT molecular complexity index is 400. The molecule has 14 heavy (non-hydrogen) atoms. The fourth-order valence-corrected chi connectivity index (χ4v) is 1.98. The minimum atomic E-state index is 0.364. The molecule has 1 heterocycles. The van der Waals surface area contributed by atoms with Crippen LogP contribution in [0.2, 0.25) is 0 Å². The van der Waals surface area contributed by atoms with Gasteiger partial charge in [0.2, 0.25) is 0 Å². The van der Waals surface area contributed by atoms with E-state index in [1.165, 1.54) is 0 Å². The largest absolute Gasteiger partial charge is 0.298 e. The molecule has 0 atom stereocenters. The third-order valence-electron chi connectivity index (χ3n) is 1.80. The van der Waals surface area contributed by atoms with Gasteiger partial charge in [0.05, 0.1) is 5.69 Å². The average Bonchev–Trinajstić information content (AvgIpc) is 2.68. The summed E-state index contributed by atoms with van der Waals surface area (Å²) in [6, 6.07) is 10.0. The Morgan fingerprint density at radius 3 is 2.79 bits per heavy atom. The lowest BCUT2D eigenvalue weighted by Crippen LogP contribution is -1.98. The Balaban J connectivity index is 2.25. The predicted octanol–water partition coefficient (Wildman–Crippen LogP) is 2.20. The number of benzene rings is 1. The van der Waals surface area contributed by atoms with E-state index < -0.39 is 0 Å². The van der Waals surface area contributed by atoms with Crippen molar-refractivity contribution in [3.63, 3.8) is 0 Å². The maximum absolute atomic E-state index is 4.97. The van der Waals surface area contributed by atoms with Crippen molar-refractivity contribution >= 4 is 11.3 Å². The molecule has 2 aromatic rings. The smallest absolute Gasteiger partial charge is 0.123 e. The molecule has 0 aliphatic rings. The van der Waals surface area contributed by atoms with Crippen molar-refractivity contribution in [1.29, 1.82) is 0 Å². The molecule has 0 aliphatic heterocycles. The van der Waals surface area contributed by atoms with Crippen molar-refractivity contribution in [2.24, 2.45) is 5.90 Å². The van der Waals surface area contributed by atoms with E-state index in [0.29, 0.717) is 6.61 Å². The summed E-state index contributed by atoms with van der Waals surface area (Å²) in [5, 5.41) is 2.95. The van der Waals surface area contributed by atoms with Gasteiger partial charge in [-0.2, -0.15) is 0 Å². The summed E-state index contributed by atoms with van der Waals surface area (Å²) in [7, 11) is 0. The first-order valence-electron chi connectivity index (χ1n) is 4.21. The molecule has 1 aromatic carbocycles. The van der Waals surface area contributed by atoms with Gasteiger partial charge in [-0.3, -0.25) is 4.84 Å². The highest BCUT2D eigenvalue weighted by molar-refractivity contribution is 7.13. The van der Waals surface area contributed by atoms with Crippen molar-refractivity contribution in [1.82, 2.24) is 4.98 Å². The average molecular weight is 206 g/mol. The zero-order chi connectivity index (χ0) is 9.80. The molecule has 4 heteroatoms. The van der Waals surface area contributed by atoms with Gasteiger partial charge in [0, 0.05) is 10.9 Å². The van der Waals surface area contributed by atoms with Crippen LogP contribution in [0.1, 0.15) is 5.69 Å². The van der Waals surface area contributed by atoms with Crippen molar-refractivity contribution in [3.05, 3.63) is 41.4 Å². The zero-order valence-corrected chi connectivity index (χ0v) is 8.33. The van der Waals surface area contributed by atoms with E-state index in [0.717, 1.165) is 16.3 Å². The molecule has 2 N–H and O–H groups in total. The Labute approximate surface area is 86.1 Å². The molecule has 72 valence electrons. The van der Waals surface area contributed by atoms with Crippen LogP contribution in [0.4, 0.5) is 0 Å². The summed E-state index contributed by atoms with van der Waals surface area (Å²) in [5.41, 5.74) is 2.00. The number of hydrogen-bond acceptors (Lipinski definition) is 4. The molecule has 0 amide bonds. The highest BCUT2D eigenvalue weighted by atomic mass is 32.1. The lowest BCUT2D eigenvalue weighted by molar-refractivity contribution is 0.122. The van der Waals surface area contributed by atoms with Crippen molar-refractivity contribution in [2.75, 3.05) is 0 Å². The van der Waals surface area contributed by atoms with Gasteiger partial charge in [0.1, 0.15) is 11.6 Å². The molecule has 3 nitrogen and oxygen atoms in total. The van der Waals surface area contributed by atoms with Gasteiger partial charge in [-0.25, -0.2) is 10.9 Å². The van der Waals surface area contributed by atoms with E-state index in [4.69, 9.17) is 5.90 Å². The Morgan fingerprint density at radius 1 is 1.29 bits per heavy atom. The van der Waals surface area contributed by atoms with E-state index in [1.807, 2.05) is 35.7 Å². The zero-order valence-electron chi connectivity index (χ0n) is 7.51. The second-order valence-corrected chi connectivity index (χ2v) is 3.68. The number of aromatic nitrogens is 1. The molecular formula is C10H10N2OS.